The molecule has 0 heterocycles. The minimum atomic E-state index is -5.75. The second kappa shape index (κ2) is 6.01. The van der Waals surface area contributed by atoms with Crippen LogP contribution in [-0.2, 0) is 48.7 Å². The van der Waals surface area contributed by atoms with Gasteiger partial charge in [0.05, 0.1) is 0 Å². The van der Waals surface area contributed by atoms with Crippen LogP contribution < -0.4 is 8.32 Å². The van der Waals surface area contributed by atoms with Crippen molar-refractivity contribution in [3.05, 3.63) is 0 Å². The van der Waals surface area contributed by atoms with Crippen molar-refractivity contribution in [3.63, 3.8) is 0 Å². The zero-order valence-electron chi connectivity index (χ0n) is 4.38. The van der Waals surface area contributed by atoms with Crippen molar-refractivity contribution in [2.24, 2.45) is 0 Å². The van der Waals surface area contributed by atoms with Crippen molar-refractivity contribution in [3.8, 4) is 0 Å². The molecule has 0 saturated heterocycles. The molecule has 0 rings (SSSR count). The molecular formula is CrCuO8S-4. The molecule has 0 unspecified atom stereocenters. The van der Waals surface area contributed by atoms with Gasteiger partial charge in [-0.25, -0.2) is 0 Å². The zero-order chi connectivity index (χ0) is 9.00. The third-order valence-electron chi connectivity index (χ3n) is 0. The number of rotatable bonds is 0. The summed E-state index contributed by atoms with van der Waals surface area (Å²) in [5, 5.41) is 0. The molecule has 0 aliphatic carbocycles. The van der Waals surface area contributed by atoms with Gasteiger partial charge >= 0.3 is 29.5 Å². The predicted molar refractivity (Wildman–Crippen MR) is 11.8 cm³/mol. The van der Waals surface area contributed by atoms with E-state index >= 15 is 0 Å². The molecule has 0 fully saturated rings. The first kappa shape index (κ1) is 17.5. The SMILES string of the molecule is O=S(=O)([O-])[O-].[Cu].[O]=[Cr](=[O])([O-])[O-]. The maximum atomic E-state index is 8.59. The molecule has 11 heteroatoms. The van der Waals surface area contributed by atoms with E-state index in [4.69, 9.17) is 33.4 Å². The van der Waals surface area contributed by atoms with Crippen molar-refractivity contribution < 1.29 is 64.1 Å². The Morgan fingerprint density at radius 1 is 1.00 bits per heavy atom. The van der Waals surface area contributed by atoms with Crippen molar-refractivity contribution in [1.82, 2.24) is 0 Å². The Kier molecular flexibility index (Phi) is 9.57. The summed E-state index contributed by atoms with van der Waals surface area (Å²) in [7, 11) is -5.17. The molecule has 0 bridgehead atoms. The summed E-state index contributed by atoms with van der Waals surface area (Å²) < 4.78 is 68.5. The fourth-order valence-corrected chi connectivity index (χ4v) is 0. The standard InChI is InChI=1S/Cr.Cu.H2O4S.4O/c;;1-5(2,3)4;;;;/h;;(H2,1,2,3,4);;;;/q;;;;;2*-1/p-2. The first-order chi connectivity index (χ1) is 4.00. The summed E-state index contributed by atoms with van der Waals surface area (Å²) in [6.45, 7) is 0. The molecule has 0 aliphatic rings. The molecule has 0 N–H and O–H groups in total. The van der Waals surface area contributed by atoms with Gasteiger partial charge in [-0.15, -0.1) is 0 Å². The van der Waals surface area contributed by atoms with Gasteiger partial charge in [-0.3, -0.25) is 8.42 Å². The van der Waals surface area contributed by atoms with E-state index in [9.17, 15) is 0 Å². The molecule has 0 aromatic heterocycles. The monoisotopic (exact) mass is 275 g/mol. The summed E-state index contributed by atoms with van der Waals surface area (Å²) in [6, 6.07) is 0. The van der Waals surface area contributed by atoms with Crippen molar-refractivity contribution >= 4 is 10.4 Å². The summed E-state index contributed by atoms with van der Waals surface area (Å²) >= 11 is -5.75. The van der Waals surface area contributed by atoms with Gasteiger partial charge < -0.3 is 9.11 Å². The molecule has 0 atom stereocenters. The molecule has 0 aromatic rings. The van der Waals surface area contributed by atoms with Crippen LogP contribution in [0, 0.1) is 0 Å². The van der Waals surface area contributed by atoms with Gasteiger partial charge in [0, 0.05) is 27.5 Å². The molecule has 75 valence electrons. The molecule has 0 aromatic carbocycles. The third-order valence-corrected chi connectivity index (χ3v) is 0. The Balaban J connectivity index is -0.000000107. The van der Waals surface area contributed by atoms with E-state index in [2.05, 4.69) is 0 Å². The van der Waals surface area contributed by atoms with E-state index in [1.165, 1.54) is 0 Å². The average Bonchev–Trinajstić information content (AvgIpc) is 1.12. The molecule has 0 aliphatic heterocycles. The van der Waals surface area contributed by atoms with Crippen LogP contribution >= 0.6 is 0 Å². The fourth-order valence-electron chi connectivity index (χ4n) is 0. The molecule has 1 radical (unpaired) electrons. The second-order valence-corrected chi connectivity index (χ2v) is 2.91. The first-order valence-electron chi connectivity index (χ1n) is 1.33. The van der Waals surface area contributed by atoms with E-state index in [0.29, 0.717) is 0 Å². The van der Waals surface area contributed by atoms with Gasteiger partial charge in [0.25, 0.3) is 0 Å². The maximum absolute atomic E-state index is 8.59. The second-order valence-electron chi connectivity index (χ2n) is 0.816. The van der Waals surface area contributed by atoms with Gasteiger partial charge in [0.1, 0.15) is 0 Å². The Morgan fingerprint density at radius 3 is 1.00 bits per heavy atom. The molecule has 0 spiro atoms. The third kappa shape index (κ3) is 3810. The molecule has 11 heavy (non-hydrogen) atoms. The Labute approximate surface area is 74.7 Å². The fraction of sp³-hybridized carbons (Fsp3) is 0. The molecule has 8 nitrogen and oxygen atoms in total. The predicted octanol–water partition coefficient (Wildman–Crippen LogP) is -3.96. The average molecular weight is 276 g/mol. The van der Waals surface area contributed by atoms with E-state index in [0.717, 1.165) is 0 Å². The van der Waals surface area contributed by atoms with E-state index in [-0.39, 0.29) is 17.1 Å². The summed E-state index contributed by atoms with van der Waals surface area (Å²) in [5.41, 5.74) is 0. The van der Waals surface area contributed by atoms with Crippen LogP contribution in [-0.4, -0.2) is 17.5 Å². The van der Waals surface area contributed by atoms with Gasteiger partial charge in [-0.05, 0) is 0 Å². The van der Waals surface area contributed by atoms with Gasteiger partial charge in [0.15, 0.2) is 0 Å². The van der Waals surface area contributed by atoms with Crippen molar-refractivity contribution in [2.75, 3.05) is 0 Å². The molecule has 0 amide bonds. The van der Waals surface area contributed by atoms with E-state index in [1.54, 1.807) is 0 Å². The number of hydrogen-bond donors (Lipinski definition) is 0. The minimum absolute atomic E-state index is 0. The van der Waals surface area contributed by atoms with Crippen molar-refractivity contribution in [2.45, 2.75) is 0 Å². The molecular weight excluding hydrogens is 276 g/mol. The van der Waals surface area contributed by atoms with Gasteiger partial charge in [-0.1, -0.05) is 0 Å². The quantitative estimate of drug-likeness (QED) is 0.246. The Morgan fingerprint density at radius 2 is 1.00 bits per heavy atom. The van der Waals surface area contributed by atoms with Crippen LogP contribution in [0.15, 0.2) is 0 Å². The normalized spacial score (nSPS) is 10.5. The van der Waals surface area contributed by atoms with Crippen LogP contribution in [0.5, 0.6) is 0 Å². The topological polar surface area (TPSA) is 161 Å². The summed E-state index contributed by atoms with van der Waals surface area (Å²) in [5.74, 6) is 0. The van der Waals surface area contributed by atoms with Crippen LogP contribution in [0.25, 0.3) is 0 Å². The van der Waals surface area contributed by atoms with Crippen molar-refractivity contribution in [1.29, 1.82) is 0 Å². The summed E-state index contributed by atoms with van der Waals surface area (Å²) in [4.78, 5) is 0. The first-order valence-corrected chi connectivity index (χ1v) is 4.75. The van der Waals surface area contributed by atoms with E-state index < -0.39 is 24.0 Å². The van der Waals surface area contributed by atoms with Gasteiger partial charge in [-0.2, -0.15) is 0 Å². The summed E-state index contributed by atoms with van der Waals surface area (Å²) in [6.07, 6.45) is 0. The Hall–Kier alpha value is 0.442. The van der Waals surface area contributed by atoms with Gasteiger partial charge in [0.2, 0.25) is 0 Å². The van der Waals surface area contributed by atoms with E-state index in [1.807, 2.05) is 0 Å². The zero-order valence-corrected chi connectivity index (χ0v) is 7.42. The number of hydrogen-bond acceptors (Lipinski definition) is 8. The van der Waals surface area contributed by atoms with Crippen LogP contribution in [0.2, 0.25) is 0 Å². The molecule has 0 saturated carbocycles. The van der Waals surface area contributed by atoms with Crippen LogP contribution in [0.4, 0.5) is 0 Å². The van der Waals surface area contributed by atoms with Crippen LogP contribution in [0.3, 0.4) is 0 Å². The Bertz CT molecular complexity index is 210. The van der Waals surface area contributed by atoms with Crippen LogP contribution in [0.1, 0.15) is 0 Å².